The zero-order valence-corrected chi connectivity index (χ0v) is 14.6. The number of aromatic nitrogens is 2. The number of amides is 1. The molecule has 0 spiro atoms. The molecule has 128 valence electrons. The lowest BCUT2D eigenvalue weighted by molar-refractivity contribution is 0.102. The summed E-state index contributed by atoms with van der Waals surface area (Å²) >= 11 is 1.56. The van der Waals surface area contributed by atoms with E-state index in [0.29, 0.717) is 23.7 Å². The van der Waals surface area contributed by atoms with Crippen molar-refractivity contribution in [3.05, 3.63) is 89.1 Å². The zero-order chi connectivity index (χ0) is 17.8. The molecular weight excluding hydrogens is 346 g/mol. The van der Waals surface area contributed by atoms with Gasteiger partial charge in [0.25, 0.3) is 5.91 Å². The van der Waals surface area contributed by atoms with Crippen LogP contribution in [0.25, 0.3) is 10.7 Å². The summed E-state index contributed by atoms with van der Waals surface area (Å²) in [5.74, 6) is 0.943. The minimum Gasteiger partial charge on any atom is -0.339 e. The zero-order valence-electron chi connectivity index (χ0n) is 13.8. The lowest BCUT2D eigenvalue weighted by atomic mass is 10.1. The highest BCUT2D eigenvalue weighted by molar-refractivity contribution is 7.13. The fraction of sp³-hybridized carbons (Fsp3) is 0.0500. The van der Waals surface area contributed by atoms with Crippen molar-refractivity contribution in [2.45, 2.75) is 6.42 Å². The minimum absolute atomic E-state index is 0.150. The summed E-state index contributed by atoms with van der Waals surface area (Å²) in [6.45, 7) is 0. The maximum Gasteiger partial charge on any atom is 0.255 e. The fourth-order valence-corrected chi connectivity index (χ4v) is 3.23. The number of hydrogen-bond donors (Lipinski definition) is 1. The van der Waals surface area contributed by atoms with Gasteiger partial charge in [-0.25, -0.2) is 0 Å². The highest BCUT2D eigenvalue weighted by atomic mass is 32.1. The molecule has 0 bridgehead atoms. The Morgan fingerprint density at radius 1 is 1.00 bits per heavy atom. The maximum absolute atomic E-state index is 12.4. The number of thiophene rings is 1. The first-order valence-electron chi connectivity index (χ1n) is 8.10. The normalized spacial score (nSPS) is 10.6. The molecule has 2 aromatic heterocycles. The molecule has 0 aliphatic rings. The largest absolute Gasteiger partial charge is 0.339 e. The standard InChI is InChI=1S/C20H15N3O2S/c24-20(14-7-2-1-3-8-14)21-16-10-5-4-9-15(16)13-18-22-19(23-25-18)17-11-6-12-26-17/h1-12H,13H2,(H,21,24). The third kappa shape index (κ3) is 3.55. The van der Waals surface area contributed by atoms with Crippen LogP contribution in [0.3, 0.4) is 0 Å². The molecule has 1 N–H and O–H groups in total. The van der Waals surface area contributed by atoms with Crippen molar-refractivity contribution >= 4 is 22.9 Å². The van der Waals surface area contributed by atoms with E-state index in [0.717, 1.165) is 16.1 Å². The first-order chi connectivity index (χ1) is 12.8. The molecule has 0 atom stereocenters. The molecule has 0 aliphatic heterocycles. The van der Waals surface area contributed by atoms with Gasteiger partial charge in [-0.1, -0.05) is 47.6 Å². The van der Waals surface area contributed by atoms with Crippen molar-refractivity contribution in [1.29, 1.82) is 0 Å². The van der Waals surface area contributed by atoms with Gasteiger partial charge in [0.05, 0.1) is 11.3 Å². The van der Waals surface area contributed by atoms with Gasteiger partial charge >= 0.3 is 0 Å². The summed E-state index contributed by atoms with van der Waals surface area (Å²) in [6, 6.07) is 20.6. The molecule has 0 saturated carbocycles. The molecule has 1 amide bonds. The molecule has 0 radical (unpaired) electrons. The second kappa shape index (κ2) is 7.33. The van der Waals surface area contributed by atoms with Crippen molar-refractivity contribution in [2.75, 3.05) is 5.32 Å². The Labute approximate surface area is 154 Å². The monoisotopic (exact) mass is 361 g/mol. The molecule has 0 unspecified atom stereocenters. The number of rotatable bonds is 5. The van der Waals surface area contributed by atoms with E-state index in [1.165, 1.54) is 0 Å². The number of carbonyl (C=O) groups is 1. The predicted molar refractivity (Wildman–Crippen MR) is 101 cm³/mol. The Balaban J connectivity index is 1.54. The number of anilines is 1. The lowest BCUT2D eigenvalue weighted by Gasteiger charge is -2.09. The lowest BCUT2D eigenvalue weighted by Crippen LogP contribution is -2.13. The van der Waals surface area contributed by atoms with Gasteiger partial charge in [-0.15, -0.1) is 11.3 Å². The van der Waals surface area contributed by atoms with Gasteiger partial charge in [0, 0.05) is 11.3 Å². The van der Waals surface area contributed by atoms with Crippen molar-refractivity contribution in [1.82, 2.24) is 10.1 Å². The molecule has 2 heterocycles. The second-order valence-corrected chi connectivity index (χ2v) is 6.59. The summed E-state index contributed by atoms with van der Waals surface area (Å²) < 4.78 is 5.37. The van der Waals surface area contributed by atoms with Gasteiger partial charge in [-0.3, -0.25) is 4.79 Å². The SMILES string of the molecule is O=C(Nc1ccccc1Cc1nc(-c2cccs2)no1)c1ccccc1. The van der Waals surface area contributed by atoms with Crippen molar-refractivity contribution in [3.63, 3.8) is 0 Å². The molecule has 0 saturated heterocycles. The smallest absolute Gasteiger partial charge is 0.255 e. The third-order valence-electron chi connectivity index (χ3n) is 3.85. The maximum atomic E-state index is 12.4. The van der Waals surface area contributed by atoms with E-state index in [1.807, 2.05) is 60.0 Å². The predicted octanol–water partition coefficient (Wildman–Crippen LogP) is 4.64. The van der Waals surface area contributed by atoms with Crippen molar-refractivity contribution in [3.8, 4) is 10.7 Å². The van der Waals surface area contributed by atoms with Crippen LogP contribution in [-0.2, 0) is 6.42 Å². The summed E-state index contributed by atoms with van der Waals surface area (Å²) in [5, 5.41) is 8.96. The van der Waals surface area contributed by atoms with Crippen LogP contribution in [0.4, 0.5) is 5.69 Å². The van der Waals surface area contributed by atoms with E-state index in [9.17, 15) is 4.79 Å². The molecule has 4 rings (SSSR count). The van der Waals surface area contributed by atoms with Crippen LogP contribution in [0.15, 0.2) is 76.6 Å². The Morgan fingerprint density at radius 2 is 1.81 bits per heavy atom. The second-order valence-electron chi connectivity index (χ2n) is 5.64. The Bertz CT molecular complexity index is 1010. The first-order valence-corrected chi connectivity index (χ1v) is 8.98. The molecular formula is C20H15N3O2S. The van der Waals surface area contributed by atoms with Gasteiger partial charge in [0.15, 0.2) is 0 Å². The van der Waals surface area contributed by atoms with E-state index in [4.69, 9.17) is 4.52 Å². The van der Waals surface area contributed by atoms with E-state index in [-0.39, 0.29) is 5.91 Å². The van der Waals surface area contributed by atoms with Crippen LogP contribution < -0.4 is 5.32 Å². The van der Waals surface area contributed by atoms with Crippen LogP contribution in [0.1, 0.15) is 21.8 Å². The molecule has 2 aromatic carbocycles. The highest BCUT2D eigenvalue weighted by Crippen LogP contribution is 2.24. The number of nitrogens with zero attached hydrogens (tertiary/aromatic N) is 2. The van der Waals surface area contributed by atoms with Crippen molar-refractivity contribution < 1.29 is 9.32 Å². The fourth-order valence-electron chi connectivity index (χ4n) is 2.58. The summed E-state index contributed by atoms with van der Waals surface area (Å²) in [5.41, 5.74) is 2.26. The third-order valence-corrected chi connectivity index (χ3v) is 4.72. The van der Waals surface area contributed by atoms with Gasteiger partial charge in [-0.2, -0.15) is 4.98 Å². The number of para-hydroxylation sites is 1. The van der Waals surface area contributed by atoms with E-state index in [2.05, 4.69) is 15.5 Å². The molecule has 26 heavy (non-hydrogen) atoms. The Hall–Kier alpha value is -3.25. The van der Waals surface area contributed by atoms with E-state index >= 15 is 0 Å². The van der Waals surface area contributed by atoms with Crippen LogP contribution in [0, 0.1) is 0 Å². The van der Waals surface area contributed by atoms with Gasteiger partial charge < -0.3 is 9.84 Å². The van der Waals surface area contributed by atoms with Gasteiger partial charge in [0.2, 0.25) is 11.7 Å². The van der Waals surface area contributed by atoms with Gasteiger partial charge in [0.1, 0.15) is 0 Å². The van der Waals surface area contributed by atoms with Crippen LogP contribution in [0.2, 0.25) is 0 Å². The molecule has 0 aliphatic carbocycles. The first kappa shape index (κ1) is 16.2. The quantitative estimate of drug-likeness (QED) is 0.562. The number of nitrogens with one attached hydrogen (secondary N) is 1. The Morgan fingerprint density at radius 3 is 2.62 bits per heavy atom. The van der Waals surface area contributed by atoms with Crippen LogP contribution in [0.5, 0.6) is 0 Å². The topological polar surface area (TPSA) is 68.0 Å². The summed E-state index contributed by atoms with van der Waals surface area (Å²) in [4.78, 5) is 17.8. The average molecular weight is 361 g/mol. The molecule has 5 nitrogen and oxygen atoms in total. The van der Waals surface area contributed by atoms with Crippen LogP contribution >= 0.6 is 11.3 Å². The molecule has 0 fully saturated rings. The molecule has 4 aromatic rings. The van der Waals surface area contributed by atoms with E-state index < -0.39 is 0 Å². The minimum atomic E-state index is -0.150. The highest BCUT2D eigenvalue weighted by Gasteiger charge is 2.13. The van der Waals surface area contributed by atoms with E-state index in [1.54, 1.807) is 23.5 Å². The van der Waals surface area contributed by atoms with Gasteiger partial charge in [-0.05, 0) is 35.2 Å². The summed E-state index contributed by atoms with van der Waals surface area (Å²) in [6.07, 6.45) is 0.448. The number of carbonyl (C=O) groups excluding carboxylic acids is 1. The Kier molecular flexibility index (Phi) is 4.57. The number of hydrogen-bond acceptors (Lipinski definition) is 5. The van der Waals surface area contributed by atoms with Crippen molar-refractivity contribution in [2.24, 2.45) is 0 Å². The van der Waals surface area contributed by atoms with Crippen LogP contribution in [-0.4, -0.2) is 16.0 Å². The summed E-state index contributed by atoms with van der Waals surface area (Å²) in [7, 11) is 0. The number of benzene rings is 2. The average Bonchev–Trinajstić information content (AvgIpc) is 3.36. The molecule has 6 heteroatoms.